The Hall–Kier alpha value is -3.91. The number of aliphatic hydroxyl groups is 1. The fraction of sp³-hybridized carbons (Fsp3) is 0.345. The molecule has 2 atom stereocenters. The summed E-state index contributed by atoms with van der Waals surface area (Å²) in [5, 5.41) is 11.7. The summed E-state index contributed by atoms with van der Waals surface area (Å²) in [6, 6.07) is 12.3. The average Bonchev–Trinajstić information content (AvgIpc) is 3.44. The number of rotatable bonds is 7. The van der Waals surface area contributed by atoms with Crippen LogP contribution in [0.2, 0.25) is 0 Å². The Balaban J connectivity index is 1.74. The van der Waals surface area contributed by atoms with Gasteiger partial charge >= 0.3 is 0 Å². The summed E-state index contributed by atoms with van der Waals surface area (Å²) in [6.45, 7) is 6.78. The summed E-state index contributed by atoms with van der Waals surface area (Å²) < 4.78 is 5.78. The smallest absolute Gasteiger partial charge is 0.296 e. The van der Waals surface area contributed by atoms with Gasteiger partial charge in [0.1, 0.15) is 17.6 Å². The van der Waals surface area contributed by atoms with Crippen LogP contribution in [0.3, 0.4) is 0 Å². The number of ketones is 1. The Morgan fingerprint density at radius 2 is 1.97 bits per heavy atom. The van der Waals surface area contributed by atoms with Crippen LogP contribution in [0.1, 0.15) is 30.0 Å². The Morgan fingerprint density at radius 1 is 1.22 bits per heavy atom. The zero-order valence-electron chi connectivity index (χ0n) is 21.4. The van der Waals surface area contributed by atoms with Gasteiger partial charge in [0.2, 0.25) is 0 Å². The highest BCUT2D eigenvalue weighted by Crippen LogP contribution is 2.53. The molecule has 37 heavy (non-hydrogen) atoms. The van der Waals surface area contributed by atoms with E-state index in [1.807, 2.05) is 25.9 Å². The fourth-order valence-corrected chi connectivity index (χ4v) is 5.74. The molecular weight excluding hydrogens is 470 g/mol. The number of hydrogen-bond acceptors (Lipinski definition) is 6. The van der Waals surface area contributed by atoms with Crippen LogP contribution >= 0.6 is 0 Å². The van der Waals surface area contributed by atoms with Crippen molar-refractivity contribution in [3.63, 3.8) is 0 Å². The zero-order chi connectivity index (χ0) is 26.5. The summed E-state index contributed by atoms with van der Waals surface area (Å²) in [5.41, 5.74) is 0.414. The van der Waals surface area contributed by atoms with Gasteiger partial charge in [0.25, 0.3) is 17.6 Å². The SMILES string of the molecule is C=CCN1C(=O)[C@]2(C(=C(O)c3ccc4c(c3)C[C@H](C)O4)C(=O)C(=O)N2CCCN(C)C)c2ccccc21. The summed E-state index contributed by atoms with van der Waals surface area (Å²) in [5.74, 6) is -1.74. The van der Waals surface area contributed by atoms with Gasteiger partial charge in [-0.1, -0.05) is 24.3 Å². The normalized spacial score (nSPS) is 23.7. The molecule has 3 aliphatic heterocycles. The molecule has 0 saturated carbocycles. The lowest BCUT2D eigenvalue weighted by atomic mass is 9.81. The highest BCUT2D eigenvalue weighted by Gasteiger charge is 2.66. The van der Waals surface area contributed by atoms with Gasteiger partial charge in [-0.2, -0.15) is 0 Å². The molecule has 2 amide bonds. The number of amides is 2. The number of likely N-dealkylation sites (tertiary alicyclic amines) is 1. The number of anilines is 1. The molecule has 1 N–H and O–H groups in total. The van der Waals surface area contributed by atoms with E-state index < -0.39 is 23.1 Å². The maximum Gasteiger partial charge on any atom is 0.296 e. The molecule has 0 bridgehead atoms. The van der Waals surface area contributed by atoms with E-state index in [0.717, 1.165) is 11.3 Å². The lowest BCUT2D eigenvalue weighted by Crippen LogP contribution is -2.52. The molecule has 8 nitrogen and oxygen atoms in total. The molecule has 0 aromatic heterocycles. The van der Waals surface area contributed by atoms with Crippen LogP contribution in [0, 0.1) is 0 Å². The second-order valence-corrected chi connectivity index (χ2v) is 10.1. The number of nitrogens with zero attached hydrogens (tertiary/aromatic N) is 3. The second-order valence-electron chi connectivity index (χ2n) is 10.1. The zero-order valence-corrected chi connectivity index (χ0v) is 21.4. The lowest BCUT2D eigenvalue weighted by Gasteiger charge is -2.34. The molecular formula is C29H31N3O5. The van der Waals surface area contributed by atoms with Crippen LogP contribution in [0.4, 0.5) is 5.69 Å². The first-order valence-corrected chi connectivity index (χ1v) is 12.5. The van der Waals surface area contributed by atoms with E-state index in [-0.39, 0.29) is 30.5 Å². The van der Waals surface area contributed by atoms with E-state index in [0.29, 0.717) is 36.2 Å². The average molecular weight is 502 g/mol. The Labute approximate surface area is 216 Å². The van der Waals surface area contributed by atoms with Crippen LogP contribution in [-0.4, -0.2) is 72.3 Å². The number of hydrogen-bond donors (Lipinski definition) is 1. The molecule has 0 radical (unpaired) electrons. The summed E-state index contributed by atoms with van der Waals surface area (Å²) in [6.07, 6.45) is 2.82. The number of fused-ring (bicyclic) bond motifs is 3. The van der Waals surface area contributed by atoms with Crippen molar-refractivity contribution in [2.75, 3.05) is 38.6 Å². The minimum absolute atomic E-state index is 0.00372. The number of benzene rings is 2. The monoisotopic (exact) mass is 501 g/mol. The fourth-order valence-electron chi connectivity index (χ4n) is 5.74. The second kappa shape index (κ2) is 9.19. The lowest BCUT2D eigenvalue weighted by molar-refractivity contribution is -0.143. The molecule has 3 aliphatic rings. The first-order chi connectivity index (χ1) is 17.7. The van der Waals surface area contributed by atoms with E-state index in [1.54, 1.807) is 48.5 Å². The van der Waals surface area contributed by atoms with Crippen LogP contribution < -0.4 is 9.64 Å². The molecule has 2 aromatic rings. The predicted molar refractivity (Wildman–Crippen MR) is 140 cm³/mol. The molecule has 2 aromatic carbocycles. The van der Waals surface area contributed by atoms with Gasteiger partial charge in [0.05, 0.1) is 11.3 Å². The number of carbonyl (C=O) groups is 3. The van der Waals surface area contributed by atoms with E-state index in [4.69, 9.17) is 4.74 Å². The third kappa shape index (κ3) is 3.66. The van der Waals surface area contributed by atoms with E-state index in [1.165, 1.54) is 9.80 Å². The maximum atomic E-state index is 14.3. The van der Waals surface area contributed by atoms with Crippen LogP contribution in [0.5, 0.6) is 5.75 Å². The van der Waals surface area contributed by atoms with Crippen molar-refractivity contribution in [2.45, 2.75) is 31.4 Å². The summed E-state index contributed by atoms with van der Waals surface area (Å²) in [7, 11) is 3.84. The van der Waals surface area contributed by atoms with E-state index in [9.17, 15) is 19.5 Å². The highest BCUT2D eigenvalue weighted by atomic mass is 16.5. The van der Waals surface area contributed by atoms with Crippen LogP contribution in [0.15, 0.2) is 60.7 Å². The molecule has 1 spiro atoms. The van der Waals surface area contributed by atoms with Gasteiger partial charge in [0.15, 0.2) is 5.54 Å². The van der Waals surface area contributed by atoms with E-state index >= 15 is 0 Å². The van der Waals surface area contributed by atoms with Crippen molar-refractivity contribution in [3.05, 3.63) is 77.4 Å². The third-order valence-corrected chi connectivity index (χ3v) is 7.28. The minimum Gasteiger partial charge on any atom is -0.507 e. The minimum atomic E-state index is -1.76. The molecule has 1 saturated heterocycles. The van der Waals surface area contributed by atoms with Gasteiger partial charge in [-0.25, -0.2) is 0 Å². The quantitative estimate of drug-likeness (QED) is 0.272. The van der Waals surface area contributed by atoms with Crippen molar-refractivity contribution in [3.8, 4) is 5.75 Å². The number of para-hydroxylation sites is 1. The maximum absolute atomic E-state index is 14.3. The Morgan fingerprint density at radius 3 is 2.70 bits per heavy atom. The van der Waals surface area contributed by atoms with Gasteiger partial charge in [-0.3, -0.25) is 14.4 Å². The van der Waals surface area contributed by atoms with Crippen molar-refractivity contribution < 1.29 is 24.2 Å². The standard InChI is InChI=1S/C29H31N3O5/c1-5-13-31-22-10-7-6-9-21(22)29(28(31)36)24(26(34)27(35)32(29)15-8-14-30(3)4)25(33)19-11-12-23-20(17-19)16-18(2)37-23/h5-7,9-12,17-18,33H,1,8,13-16H2,2-4H3/t18-,29+/m0/s1. The Bertz CT molecular complexity index is 1350. The molecule has 192 valence electrons. The molecule has 0 unspecified atom stereocenters. The van der Waals surface area contributed by atoms with Crippen molar-refractivity contribution in [1.29, 1.82) is 0 Å². The molecule has 1 fully saturated rings. The molecule has 3 heterocycles. The Kier molecular flexibility index (Phi) is 6.15. The predicted octanol–water partition coefficient (Wildman–Crippen LogP) is 3.07. The highest BCUT2D eigenvalue weighted by molar-refractivity contribution is 6.50. The first kappa shape index (κ1) is 24.8. The van der Waals surface area contributed by atoms with Crippen LogP contribution in [-0.2, 0) is 26.3 Å². The van der Waals surface area contributed by atoms with Gasteiger partial charge in [-0.05, 0) is 63.8 Å². The van der Waals surface area contributed by atoms with Crippen molar-refractivity contribution in [1.82, 2.24) is 9.80 Å². The third-order valence-electron chi connectivity index (χ3n) is 7.28. The van der Waals surface area contributed by atoms with Crippen LogP contribution in [0.25, 0.3) is 5.76 Å². The molecule has 5 rings (SSSR count). The topological polar surface area (TPSA) is 90.4 Å². The number of carbonyl (C=O) groups excluding carboxylic acids is 3. The first-order valence-electron chi connectivity index (χ1n) is 12.5. The van der Waals surface area contributed by atoms with Gasteiger partial charge in [-0.15, -0.1) is 6.58 Å². The van der Waals surface area contributed by atoms with Gasteiger partial charge < -0.3 is 24.5 Å². The van der Waals surface area contributed by atoms with Crippen molar-refractivity contribution >= 4 is 29.0 Å². The number of aliphatic hydroxyl groups excluding tert-OH is 1. The largest absolute Gasteiger partial charge is 0.507 e. The van der Waals surface area contributed by atoms with Gasteiger partial charge in [0, 0.05) is 30.6 Å². The summed E-state index contributed by atoms with van der Waals surface area (Å²) in [4.78, 5) is 46.4. The summed E-state index contributed by atoms with van der Waals surface area (Å²) >= 11 is 0. The molecule has 0 aliphatic carbocycles. The molecule has 8 heteroatoms. The van der Waals surface area contributed by atoms with Crippen molar-refractivity contribution in [2.24, 2.45) is 0 Å². The van der Waals surface area contributed by atoms with E-state index in [2.05, 4.69) is 6.58 Å². The number of Topliss-reactive ketones (excluding diaryl/α,β-unsaturated/α-hetero) is 1. The number of ether oxygens (including phenoxy) is 1.